The summed E-state index contributed by atoms with van der Waals surface area (Å²) in [5, 5.41) is 9.03. The number of hydrogen-bond acceptors (Lipinski definition) is 3. The zero-order valence-corrected chi connectivity index (χ0v) is 10.6. The second kappa shape index (κ2) is 6.21. The highest BCUT2D eigenvalue weighted by Crippen LogP contribution is 2.28. The molecule has 1 amide bonds. The van der Waals surface area contributed by atoms with Crippen molar-refractivity contribution in [2.75, 3.05) is 26.2 Å². The zero-order valence-electron chi connectivity index (χ0n) is 10.6. The van der Waals surface area contributed by atoms with Crippen molar-refractivity contribution in [2.45, 2.75) is 45.7 Å². The summed E-state index contributed by atoms with van der Waals surface area (Å²) in [4.78, 5) is 16.2. The molecule has 0 spiro atoms. The molecule has 4 nitrogen and oxygen atoms in total. The van der Waals surface area contributed by atoms with E-state index in [1.54, 1.807) is 0 Å². The number of aliphatic hydroxyl groups is 1. The quantitative estimate of drug-likeness (QED) is 0.697. The van der Waals surface area contributed by atoms with E-state index in [0.717, 1.165) is 25.9 Å². The number of aliphatic hydroxyl groups excluding tert-OH is 1. The van der Waals surface area contributed by atoms with Gasteiger partial charge in [0.05, 0.1) is 12.6 Å². The largest absolute Gasteiger partial charge is 0.395 e. The van der Waals surface area contributed by atoms with Crippen LogP contribution in [0.25, 0.3) is 0 Å². The Kier molecular flexibility index (Phi) is 5.22. The molecule has 94 valence electrons. The van der Waals surface area contributed by atoms with E-state index in [1.807, 2.05) is 25.7 Å². The van der Waals surface area contributed by atoms with Crippen molar-refractivity contribution in [3.63, 3.8) is 0 Å². The van der Waals surface area contributed by atoms with Gasteiger partial charge in [-0.25, -0.2) is 0 Å². The third kappa shape index (κ3) is 3.19. The second-order valence-electron chi connectivity index (χ2n) is 4.38. The predicted molar refractivity (Wildman–Crippen MR) is 64.2 cm³/mol. The Hall–Kier alpha value is -0.610. The average Bonchev–Trinajstić information content (AvgIpc) is 3.10. The summed E-state index contributed by atoms with van der Waals surface area (Å²) in [5.41, 5.74) is 0. The molecule has 1 rings (SSSR count). The average molecular weight is 228 g/mol. The molecule has 1 unspecified atom stereocenters. The zero-order chi connectivity index (χ0) is 12.1. The Labute approximate surface area is 98.2 Å². The lowest BCUT2D eigenvalue weighted by molar-refractivity contribution is -0.136. The van der Waals surface area contributed by atoms with Crippen LogP contribution < -0.4 is 0 Å². The van der Waals surface area contributed by atoms with Crippen molar-refractivity contribution >= 4 is 5.91 Å². The van der Waals surface area contributed by atoms with Gasteiger partial charge in [-0.2, -0.15) is 0 Å². The van der Waals surface area contributed by atoms with Crippen LogP contribution in [0.1, 0.15) is 33.6 Å². The van der Waals surface area contributed by atoms with Gasteiger partial charge >= 0.3 is 0 Å². The van der Waals surface area contributed by atoms with Gasteiger partial charge in [-0.05, 0) is 33.6 Å². The molecular formula is C12H24N2O2. The molecule has 0 saturated heterocycles. The highest BCUT2D eigenvalue weighted by Gasteiger charge is 2.35. The number of carbonyl (C=O) groups is 1. The maximum absolute atomic E-state index is 12.2. The first-order valence-electron chi connectivity index (χ1n) is 6.31. The Morgan fingerprint density at radius 2 is 1.94 bits per heavy atom. The lowest BCUT2D eigenvalue weighted by atomic mass is 10.2. The minimum Gasteiger partial charge on any atom is -0.395 e. The first-order chi connectivity index (χ1) is 7.65. The molecule has 16 heavy (non-hydrogen) atoms. The molecule has 1 fully saturated rings. The predicted octanol–water partition coefficient (Wildman–Crippen LogP) is 0.700. The van der Waals surface area contributed by atoms with E-state index in [-0.39, 0.29) is 18.6 Å². The third-order valence-electron chi connectivity index (χ3n) is 3.30. The summed E-state index contributed by atoms with van der Waals surface area (Å²) in [6.45, 7) is 8.22. The third-order valence-corrected chi connectivity index (χ3v) is 3.30. The first kappa shape index (κ1) is 13.5. The Balaban J connectivity index is 2.58. The maximum atomic E-state index is 12.2. The lowest BCUT2D eigenvalue weighted by Gasteiger charge is -2.31. The molecule has 4 heteroatoms. The fourth-order valence-corrected chi connectivity index (χ4v) is 2.16. The van der Waals surface area contributed by atoms with Gasteiger partial charge in [-0.15, -0.1) is 0 Å². The van der Waals surface area contributed by atoms with Crippen LogP contribution in [0.2, 0.25) is 0 Å². The minimum absolute atomic E-state index is 0.0976. The number of likely N-dealkylation sites (N-methyl/N-ethyl adjacent to an activating group) is 1. The highest BCUT2D eigenvalue weighted by atomic mass is 16.3. The van der Waals surface area contributed by atoms with E-state index in [2.05, 4.69) is 4.90 Å². The van der Waals surface area contributed by atoms with Crippen molar-refractivity contribution in [3.8, 4) is 0 Å². The van der Waals surface area contributed by atoms with Crippen LogP contribution in [0, 0.1) is 0 Å². The van der Waals surface area contributed by atoms with E-state index in [1.165, 1.54) is 0 Å². The van der Waals surface area contributed by atoms with Crippen LogP contribution in [-0.4, -0.2) is 59.1 Å². The van der Waals surface area contributed by atoms with Crippen molar-refractivity contribution in [1.29, 1.82) is 0 Å². The van der Waals surface area contributed by atoms with Crippen LogP contribution in [0.3, 0.4) is 0 Å². The molecule has 0 aromatic carbocycles. The molecule has 0 aromatic rings. The van der Waals surface area contributed by atoms with Crippen LogP contribution in [0.4, 0.5) is 0 Å². The monoisotopic (exact) mass is 228 g/mol. The van der Waals surface area contributed by atoms with Gasteiger partial charge < -0.3 is 10.0 Å². The lowest BCUT2D eigenvalue weighted by Crippen LogP contribution is -2.48. The van der Waals surface area contributed by atoms with Crippen molar-refractivity contribution in [3.05, 3.63) is 0 Å². The molecule has 1 atom stereocenters. The molecule has 0 bridgehead atoms. The molecule has 0 aromatic heterocycles. The summed E-state index contributed by atoms with van der Waals surface area (Å²) < 4.78 is 0. The smallest absolute Gasteiger partial charge is 0.239 e. The SMILES string of the molecule is CCN(CC)C(=O)C(C)N(CCO)C1CC1. The summed E-state index contributed by atoms with van der Waals surface area (Å²) in [5.74, 6) is 0.186. The van der Waals surface area contributed by atoms with Crippen LogP contribution >= 0.6 is 0 Å². The maximum Gasteiger partial charge on any atom is 0.239 e. The summed E-state index contributed by atoms with van der Waals surface area (Å²) in [7, 11) is 0. The van der Waals surface area contributed by atoms with Gasteiger partial charge in [-0.3, -0.25) is 9.69 Å². The van der Waals surface area contributed by atoms with Crippen LogP contribution in [-0.2, 0) is 4.79 Å². The highest BCUT2D eigenvalue weighted by molar-refractivity contribution is 5.81. The number of hydrogen-bond donors (Lipinski definition) is 1. The molecule has 1 N–H and O–H groups in total. The Morgan fingerprint density at radius 1 is 1.38 bits per heavy atom. The van der Waals surface area contributed by atoms with E-state index >= 15 is 0 Å². The molecular weight excluding hydrogens is 204 g/mol. The number of carbonyl (C=O) groups excluding carboxylic acids is 1. The van der Waals surface area contributed by atoms with Gasteiger partial charge in [0.25, 0.3) is 0 Å². The van der Waals surface area contributed by atoms with Gasteiger partial charge in [0, 0.05) is 25.7 Å². The van der Waals surface area contributed by atoms with E-state index in [4.69, 9.17) is 5.11 Å². The van der Waals surface area contributed by atoms with Gasteiger partial charge in [-0.1, -0.05) is 0 Å². The minimum atomic E-state index is -0.0976. The molecule has 0 heterocycles. The van der Waals surface area contributed by atoms with Gasteiger partial charge in [0.2, 0.25) is 5.91 Å². The van der Waals surface area contributed by atoms with Crippen LogP contribution in [0.15, 0.2) is 0 Å². The normalized spacial score (nSPS) is 17.6. The molecule has 1 saturated carbocycles. The van der Waals surface area contributed by atoms with E-state index < -0.39 is 0 Å². The molecule has 1 aliphatic rings. The van der Waals surface area contributed by atoms with Crippen LogP contribution in [0.5, 0.6) is 0 Å². The van der Waals surface area contributed by atoms with Gasteiger partial charge in [0.1, 0.15) is 0 Å². The number of nitrogens with zero attached hydrogens (tertiary/aromatic N) is 2. The van der Waals surface area contributed by atoms with Gasteiger partial charge in [0.15, 0.2) is 0 Å². The standard InChI is InChI=1S/C12H24N2O2/c1-4-13(5-2)12(16)10(3)14(8-9-15)11-6-7-11/h10-11,15H,4-9H2,1-3H3. The fraction of sp³-hybridized carbons (Fsp3) is 0.917. The summed E-state index contributed by atoms with van der Waals surface area (Å²) >= 11 is 0. The Bertz CT molecular complexity index is 225. The number of amides is 1. The first-order valence-corrected chi connectivity index (χ1v) is 6.31. The van der Waals surface area contributed by atoms with E-state index in [0.29, 0.717) is 12.6 Å². The van der Waals surface area contributed by atoms with Crippen molar-refractivity contribution in [1.82, 2.24) is 9.80 Å². The number of rotatable bonds is 7. The molecule has 0 radical (unpaired) electrons. The Morgan fingerprint density at radius 3 is 2.31 bits per heavy atom. The summed E-state index contributed by atoms with van der Waals surface area (Å²) in [6.07, 6.45) is 2.33. The molecule has 0 aliphatic heterocycles. The topological polar surface area (TPSA) is 43.8 Å². The summed E-state index contributed by atoms with van der Waals surface area (Å²) in [6, 6.07) is 0.418. The molecule has 1 aliphatic carbocycles. The van der Waals surface area contributed by atoms with E-state index in [9.17, 15) is 4.79 Å². The fourth-order valence-electron chi connectivity index (χ4n) is 2.16. The van der Waals surface area contributed by atoms with Crippen molar-refractivity contribution < 1.29 is 9.90 Å². The van der Waals surface area contributed by atoms with Crippen molar-refractivity contribution in [2.24, 2.45) is 0 Å². The second-order valence-corrected chi connectivity index (χ2v) is 4.38.